The minimum atomic E-state index is 0. The molecule has 0 saturated heterocycles. The molecule has 47 valence electrons. The van der Waals surface area contributed by atoms with Gasteiger partial charge in [0, 0.05) is 98.1 Å². The predicted octanol–water partition coefficient (Wildman–Crippen LogP) is 0.0323. The Morgan fingerprint density at radius 3 is 1.89 bits per heavy atom. The quantitative estimate of drug-likeness (QED) is 0.230. The minimum absolute atomic E-state index is 0. The van der Waals surface area contributed by atoms with Gasteiger partial charge < -0.3 is 5.26 Å². The molecule has 3 radical (unpaired) electrons. The first kappa shape index (κ1) is 22.9. The Hall–Kier alpha value is 3.54. The third-order valence-corrected chi connectivity index (χ3v) is 0.490. The Balaban J connectivity index is -0.0000000417. The molecule has 0 aromatic heterocycles. The molecule has 0 bridgehead atoms. The Morgan fingerprint density at radius 2 is 1.78 bits per heavy atom. The summed E-state index contributed by atoms with van der Waals surface area (Å²) in [6.07, 6.45) is 0. The van der Waals surface area contributed by atoms with Gasteiger partial charge in [0.25, 0.3) is 0 Å². The molecule has 3 nitrogen and oxygen atoms in total. The maximum Gasteiger partial charge on any atom is 0 e. The maximum atomic E-state index is 8.93. The zero-order valence-electron chi connectivity index (χ0n) is 4.94. The Kier molecular flexibility index (Phi) is 57.4. The molecule has 0 aliphatic rings. The van der Waals surface area contributed by atoms with Crippen molar-refractivity contribution in [2.45, 2.75) is 6.92 Å². The van der Waals surface area contributed by atoms with Crippen LogP contribution in [0.3, 0.4) is 0 Å². The van der Waals surface area contributed by atoms with Crippen molar-refractivity contribution in [3.63, 3.8) is 0 Å². The standard InChI is InChI=1S/C2H5O3S.3Y/c1-2-6-5-4-3;;;/h2-3H,1H3;;;/q-1;;;/p-1. The van der Waals surface area contributed by atoms with Crippen LogP contribution in [0.4, 0.5) is 0 Å². The smallest absolute Gasteiger partial charge is 0 e. The van der Waals surface area contributed by atoms with Crippen LogP contribution in [0.1, 0.15) is 6.92 Å². The van der Waals surface area contributed by atoms with E-state index in [0.717, 1.165) is 12.0 Å². The molecular formula is C2H4O3SY3-2. The fourth-order valence-corrected chi connectivity index (χ4v) is 0.166. The fourth-order valence-electron chi connectivity index (χ4n) is 0.0553. The summed E-state index contributed by atoms with van der Waals surface area (Å²) in [5, 5.41) is 11.9. The molecule has 0 heterocycles. The van der Waals surface area contributed by atoms with Crippen LogP contribution in [-0.4, -0.2) is 0 Å². The molecule has 9 heavy (non-hydrogen) atoms. The second kappa shape index (κ2) is 22.6. The van der Waals surface area contributed by atoms with Crippen LogP contribution < -0.4 is 5.26 Å². The molecule has 0 fully saturated rings. The van der Waals surface area contributed by atoms with Crippen molar-refractivity contribution in [2.75, 3.05) is 0 Å². The van der Waals surface area contributed by atoms with E-state index < -0.39 is 0 Å². The molecule has 0 aromatic rings. The maximum absolute atomic E-state index is 8.93. The van der Waals surface area contributed by atoms with E-state index in [-0.39, 0.29) is 98.1 Å². The van der Waals surface area contributed by atoms with Crippen LogP contribution in [0.25, 0.3) is 0 Å². The zero-order chi connectivity index (χ0) is 4.83. The normalized spacial score (nSPS) is 6.00. The topological polar surface area (TPSA) is 41.5 Å². The van der Waals surface area contributed by atoms with Crippen LogP contribution in [0.15, 0.2) is 0 Å². The molecule has 0 N–H and O–H groups in total. The molecule has 0 atom stereocenters. The van der Waals surface area contributed by atoms with Crippen molar-refractivity contribution < 1.29 is 113 Å². The first-order valence-corrected chi connectivity index (χ1v) is 2.12. The minimum Gasteiger partial charge on any atom is -0.691 e. The van der Waals surface area contributed by atoms with Crippen LogP contribution in [0, 0.1) is 5.75 Å². The number of hydrogen-bond donors (Lipinski definition) is 0. The fraction of sp³-hybridized carbons (Fsp3) is 0.500. The molecule has 7 heteroatoms. The summed E-state index contributed by atoms with van der Waals surface area (Å²) in [5.41, 5.74) is 0. The third kappa shape index (κ3) is 24.6. The van der Waals surface area contributed by atoms with E-state index in [1.165, 1.54) is 0 Å². The molecule has 0 rings (SSSR count). The second-order valence-electron chi connectivity index (χ2n) is 0.468. The van der Waals surface area contributed by atoms with Gasteiger partial charge in [-0.25, -0.2) is 10.1 Å². The van der Waals surface area contributed by atoms with Gasteiger partial charge in [-0.1, -0.05) is 0 Å². The van der Waals surface area contributed by atoms with Gasteiger partial charge in [0.05, 0.1) is 0 Å². The predicted molar refractivity (Wildman–Crippen MR) is 19.7 cm³/mol. The molecule has 0 spiro atoms. The van der Waals surface area contributed by atoms with Gasteiger partial charge >= 0.3 is 0 Å². The zero-order valence-corrected chi connectivity index (χ0v) is 14.3. The molecular weight excluding hydrogens is 371 g/mol. The van der Waals surface area contributed by atoms with E-state index in [2.05, 4.69) is 9.37 Å². The van der Waals surface area contributed by atoms with Crippen molar-refractivity contribution in [1.29, 1.82) is 0 Å². The van der Waals surface area contributed by atoms with E-state index in [0.29, 0.717) is 0 Å². The van der Waals surface area contributed by atoms with Crippen LogP contribution >= 0.6 is 12.0 Å². The van der Waals surface area contributed by atoms with Gasteiger partial charge in [-0.15, -0.1) is 0 Å². The van der Waals surface area contributed by atoms with Crippen molar-refractivity contribution in [3.05, 3.63) is 5.75 Å². The van der Waals surface area contributed by atoms with E-state index in [9.17, 15) is 0 Å². The van der Waals surface area contributed by atoms with E-state index in [4.69, 9.17) is 5.26 Å². The van der Waals surface area contributed by atoms with Crippen LogP contribution in [0.5, 0.6) is 0 Å². The Bertz CT molecular complexity index is 29.0. The monoisotopic (exact) mass is 375 g/mol. The summed E-state index contributed by atoms with van der Waals surface area (Å²) in [5.74, 6) is 1.58. The van der Waals surface area contributed by atoms with Crippen molar-refractivity contribution >= 4 is 12.0 Å². The SMILES string of the molecule is C[CH-]SOO[O-].[Y].[Y].[Y]. The third-order valence-electron chi connectivity index (χ3n) is 0.163. The van der Waals surface area contributed by atoms with Gasteiger partial charge in [-0.2, -0.15) is 19.0 Å². The van der Waals surface area contributed by atoms with E-state index >= 15 is 0 Å². The molecule has 0 aromatic carbocycles. The van der Waals surface area contributed by atoms with Gasteiger partial charge in [0.2, 0.25) is 0 Å². The average Bonchev–Trinajstić information content (AvgIpc) is 1.61. The Labute approximate surface area is 134 Å². The number of hydrogen-bond acceptors (Lipinski definition) is 4. The Morgan fingerprint density at radius 1 is 1.33 bits per heavy atom. The van der Waals surface area contributed by atoms with Crippen LogP contribution in [0.2, 0.25) is 0 Å². The summed E-state index contributed by atoms with van der Waals surface area (Å²) in [7, 11) is 0. The van der Waals surface area contributed by atoms with Gasteiger partial charge in [0.15, 0.2) is 0 Å². The number of rotatable bonds is 3. The second-order valence-corrected chi connectivity index (χ2v) is 1.27. The van der Waals surface area contributed by atoms with E-state index in [1.54, 1.807) is 12.7 Å². The summed E-state index contributed by atoms with van der Waals surface area (Å²) in [4.78, 5) is 0. The molecule has 0 unspecified atom stereocenters. The molecule has 0 aliphatic heterocycles. The van der Waals surface area contributed by atoms with E-state index in [1.807, 2.05) is 0 Å². The summed E-state index contributed by atoms with van der Waals surface area (Å²) in [6.45, 7) is 1.73. The van der Waals surface area contributed by atoms with Gasteiger partial charge in [0.1, 0.15) is 0 Å². The molecule has 0 saturated carbocycles. The molecule has 0 amide bonds. The first-order chi connectivity index (χ1) is 2.91. The largest absolute Gasteiger partial charge is 0.691 e. The first-order valence-electron chi connectivity index (χ1n) is 1.31. The van der Waals surface area contributed by atoms with Crippen molar-refractivity contribution in [2.24, 2.45) is 0 Å². The van der Waals surface area contributed by atoms with Crippen LogP contribution in [-0.2, 0) is 107 Å². The summed E-state index contributed by atoms with van der Waals surface area (Å²) < 4.78 is 3.79. The molecule has 0 aliphatic carbocycles. The van der Waals surface area contributed by atoms with Gasteiger partial charge in [-0.05, 0) is 0 Å². The average molecular weight is 375 g/mol. The van der Waals surface area contributed by atoms with Gasteiger partial charge in [-0.3, -0.25) is 5.04 Å². The van der Waals surface area contributed by atoms with Crippen molar-refractivity contribution in [3.8, 4) is 0 Å². The van der Waals surface area contributed by atoms with Crippen molar-refractivity contribution in [1.82, 2.24) is 0 Å². The summed E-state index contributed by atoms with van der Waals surface area (Å²) in [6, 6.07) is 0. The summed E-state index contributed by atoms with van der Waals surface area (Å²) >= 11 is 0.848.